The highest BCUT2D eigenvalue weighted by atomic mass is 16.5. The molecule has 4 rings (SSSR count). The number of nitrogens with zero attached hydrogens (tertiary/aromatic N) is 2. The van der Waals surface area contributed by atoms with E-state index >= 15 is 0 Å². The number of hydrogen-bond acceptors (Lipinski definition) is 4. The minimum atomic E-state index is -0.767. The number of anilines is 1. The van der Waals surface area contributed by atoms with Crippen LogP contribution in [0.4, 0.5) is 10.5 Å². The average molecular weight is 401 g/mol. The van der Waals surface area contributed by atoms with Gasteiger partial charge in [-0.3, -0.25) is 14.9 Å². The van der Waals surface area contributed by atoms with E-state index in [1.807, 2.05) is 48.0 Å². The summed E-state index contributed by atoms with van der Waals surface area (Å²) >= 11 is 0. The summed E-state index contributed by atoms with van der Waals surface area (Å²) in [5, 5.41) is 2.24. The fourth-order valence-corrected chi connectivity index (χ4v) is 3.22. The number of aromatic nitrogens is 1. The van der Waals surface area contributed by atoms with Gasteiger partial charge in [-0.1, -0.05) is 17.7 Å². The molecule has 4 amide bonds. The standard InChI is InChI=1S/C23H19N3O4/c1-15-5-7-17(8-6-15)26-22(28)20(21(27)24-23(26)29)14-18-4-3-13-25(18)16-9-11-19(30-2)12-10-16/h3-14H,1-2H3,(H,24,27,29)/b20-14+. The number of aryl methyl sites for hydroxylation is 1. The summed E-state index contributed by atoms with van der Waals surface area (Å²) in [6, 6.07) is 17.1. The zero-order chi connectivity index (χ0) is 21.3. The highest BCUT2D eigenvalue weighted by Crippen LogP contribution is 2.24. The Balaban J connectivity index is 1.71. The number of imide groups is 2. The highest BCUT2D eigenvalue weighted by Gasteiger charge is 2.36. The minimum absolute atomic E-state index is 0.122. The lowest BCUT2D eigenvalue weighted by atomic mass is 10.1. The van der Waals surface area contributed by atoms with Crippen molar-refractivity contribution >= 4 is 29.6 Å². The molecule has 1 aromatic heterocycles. The maximum atomic E-state index is 13.0. The largest absolute Gasteiger partial charge is 0.497 e. The molecule has 7 nitrogen and oxygen atoms in total. The van der Waals surface area contributed by atoms with Gasteiger partial charge in [0.2, 0.25) is 0 Å². The summed E-state index contributed by atoms with van der Waals surface area (Å²) in [7, 11) is 1.59. The van der Waals surface area contributed by atoms with Gasteiger partial charge in [0.1, 0.15) is 11.3 Å². The average Bonchev–Trinajstić information content (AvgIpc) is 3.20. The molecule has 150 valence electrons. The van der Waals surface area contributed by atoms with Crippen LogP contribution in [0.2, 0.25) is 0 Å². The monoisotopic (exact) mass is 401 g/mol. The van der Waals surface area contributed by atoms with Crippen LogP contribution in [0.3, 0.4) is 0 Å². The molecule has 7 heteroatoms. The van der Waals surface area contributed by atoms with E-state index in [1.165, 1.54) is 6.08 Å². The Morgan fingerprint density at radius 2 is 1.57 bits per heavy atom. The number of carbonyl (C=O) groups is 3. The second-order valence-corrected chi connectivity index (χ2v) is 6.79. The van der Waals surface area contributed by atoms with Crippen LogP contribution in [-0.2, 0) is 9.59 Å². The third-order valence-electron chi connectivity index (χ3n) is 4.82. The molecular weight excluding hydrogens is 382 g/mol. The Kier molecular flexibility index (Phi) is 4.93. The third kappa shape index (κ3) is 3.48. The van der Waals surface area contributed by atoms with E-state index in [2.05, 4.69) is 5.32 Å². The number of benzene rings is 2. The zero-order valence-electron chi connectivity index (χ0n) is 16.5. The number of nitrogens with one attached hydrogen (secondary N) is 1. The van der Waals surface area contributed by atoms with Crippen molar-refractivity contribution in [2.45, 2.75) is 6.92 Å². The Labute approximate surface area is 173 Å². The first kappa shape index (κ1) is 19.2. The molecule has 2 aromatic carbocycles. The van der Waals surface area contributed by atoms with E-state index in [1.54, 1.807) is 37.4 Å². The Hall–Kier alpha value is -4.13. The van der Waals surface area contributed by atoms with Crippen molar-refractivity contribution in [3.8, 4) is 11.4 Å². The van der Waals surface area contributed by atoms with Gasteiger partial charge in [0.15, 0.2) is 0 Å². The smallest absolute Gasteiger partial charge is 0.335 e. The van der Waals surface area contributed by atoms with E-state index in [-0.39, 0.29) is 5.57 Å². The highest BCUT2D eigenvalue weighted by molar-refractivity contribution is 6.39. The number of methoxy groups -OCH3 is 1. The molecule has 0 spiro atoms. The van der Waals surface area contributed by atoms with Crippen LogP contribution in [0.15, 0.2) is 72.4 Å². The van der Waals surface area contributed by atoms with Gasteiger partial charge in [-0.15, -0.1) is 0 Å². The van der Waals surface area contributed by atoms with Crippen LogP contribution in [0.5, 0.6) is 5.75 Å². The molecule has 1 N–H and O–H groups in total. The predicted octanol–water partition coefficient (Wildman–Crippen LogP) is 3.46. The van der Waals surface area contributed by atoms with Crippen molar-refractivity contribution in [3.05, 3.63) is 83.7 Å². The zero-order valence-corrected chi connectivity index (χ0v) is 16.5. The van der Waals surface area contributed by atoms with Gasteiger partial charge >= 0.3 is 6.03 Å². The third-order valence-corrected chi connectivity index (χ3v) is 4.82. The normalized spacial score (nSPS) is 15.5. The first-order chi connectivity index (χ1) is 14.5. The van der Waals surface area contributed by atoms with Crippen molar-refractivity contribution in [1.29, 1.82) is 0 Å². The number of hydrogen-bond donors (Lipinski definition) is 1. The van der Waals surface area contributed by atoms with E-state index in [0.717, 1.165) is 21.9 Å². The van der Waals surface area contributed by atoms with Gasteiger partial charge in [0.05, 0.1) is 12.8 Å². The molecule has 0 bridgehead atoms. The van der Waals surface area contributed by atoms with Crippen molar-refractivity contribution < 1.29 is 19.1 Å². The van der Waals surface area contributed by atoms with Gasteiger partial charge < -0.3 is 9.30 Å². The number of urea groups is 1. The van der Waals surface area contributed by atoms with Gasteiger partial charge in [-0.25, -0.2) is 9.69 Å². The maximum absolute atomic E-state index is 13.0. The maximum Gasteiger partial charge on any atom is 0.335 e. The molecule has 1 fully saturated rings. The summed E-state index contributed by atoms with van der Waals surface area (Å²) < 4.78 is 7.01. The lowest BCUT2D eigenvalue weighted by Gasteiger charge is -2.26. The fraction of sp³-hybridized carbons (Fsp3) is 0.0870. The molecule has 0 aliphatic carbocycles. The number of rotatable bonds is 4. The Morgan fingerprint density at radius 1 is 0.900 bits per heavy atom. The van der Waals surface area contributed by atoms with Crippen LogP contribution in [0.1, 0.15) is 11.3 Å². The topological polar surface area (TPSA) is 80.6 Å². The molecule has 30 heavy (non-hydrogen) atoms. The second kappa shape index (κ2) is 7.71. The quantitative estimate of drug-likeness (QED) is 0.536. The number of barbiturate groups is 1. The minimum Gasteiger partial charge on any atom is -0.497 e. The van der Waals surface area contributed by atoms with Gasteiger partial charge in [0.25, 0.3) is 11.8 Å². The number of amides is 4. The van der Waals surface area contributed by atoms with E-state index < -0.39 is 17.8 Å². The number of carbonyl (C=O) groups excluding carboxylic acids is 3. The van der Waals surface area contributed by atoms with Crippen molar-refractivity contribution in [1.82, 2.24) is 9.88 Å². The van der Waals surface area contributed by atoms with Crippen LogP contribution in [-0.4, -0.2) is 29.5 Å². The molecular formula is C23H19N3O4. The lowest BCUT2D eigenvalue weighted by molar-refractivity contribution is -0.122. The van der Waals surface area contributed by atoms with E-state index in [9.17, 15) is 14.4 Å². The summed E-state index contributed by atoms with van der Waals surface area (Å²) in [5.74, 6) is -0.675. The summed E-state index contributed by atoms with van der Waals surface area (Å²) in [5.41, 5.74) is 2.73. The van der Waals surface area contributed by atoms with E-state index in [4.69, 9.17) is 4.74 Å². The molecule has 0 saturated carbocycles. The first-order valence-electron chi connectivity index (χ1n) is 9.28. The Bertz CT molecular complexity index is 1160. The SMILES string of the molecule is COc1ccc(-n2cccc2/C=C2\C(=O)NC(=O)N(c3ccc(C)cc3)C2=O)cc1. The molecule has 2 heterocycles. The molecule has 0 atom stereocenters. The van der Waals surface area contributed by atoms with Crippen LogP contribution in [0, 0.1) is 6.92 Å². The fourth-order valence-electron chi connectivity index (χ4n) is 3.22. The Morgan fingerprint density at radius 3 is 2.23 bits per heavy atom. The molecule has 0 unspecified atom stereocenters. The van der Waals surface area contributed by atoms with Crippen LogP contribution >= 0.6 is 0 Å². The first-order valence-corrected chi connectivity index (χ1v) is 9.28. The van der Waals surface area contributed by atoms with Crippen molar-refractivity contribution in [3.63, 3.8) is 0 Å². The van der Waals surface area contributed by atoms with Crippen LogP contribution < -0.4 is 15.0 Å². The molecule has 1 aliphatic rings. The van der Waals surface area contributed by atoms with Crippen LogP contribution in [0.25, 0.3) is 11.8 Å². The second-order valence-electron chi connectivity index (χ2n) is 6.79. The van der Waals surface area contributed by atoms with Gasteiger partial charge in [0, 0.05) is 17.6 Å². The van der Waals surface area contributed by atoms with Gasteiger partial charge in [-0.2, -0.15) is 0 Å². The van der Waals surface area contributed by atoms with Gasteiger partial charge in [-0.05, 0) is 61.5 Å². The summed E-state index contributed by atoms with van der Waals surface area (Å²) in [4.78, 5) is 38.8. The number of ether oxygens (including phenoxy) is 1. The predicted molar refractivity (Wildman–Crippen MR) is 113 cm³/mol. The molecule has 1 aliphatic heterocycles. The van der Waals surface area contributed by atoms with Crippen molar-refractivity contribution in [2.24, 2.45) is 0 Å². The molecule has 3 aromatic rings. The lowest BCUT2D eigenvalue weighted by Crippen LogP contribution is -2.54. The van der Waals surface area contributed by atoms with Crippen molar-refractivity contribution in [2.75, 3.05) is 12.0 Å². The molecule has 0 radical (unpaired) electrons. The molecule has 1 saturated heterocycles. The summed E-state index contributed by atoms with van der Waals surface area (Å²) in [6.45, 7) is 1.91. The summed E-state index contributed by atoms with van der Waals surface area (Å²) in [6.07, 6.45) is 3.30. The van der Waals surface area contributed by atoms with E-state index in [0.29, 0.717) is 11.4 Å².